The van der Waals surface area contributed by atoms with Gasteiger partial charge in [-0.25, -0.2) is 8.42 Å². The summed E-state index contributed by atoms with van der Waals surface area (Å²) < 4.78 is 26.5. The molecule has 0 bridgehead atoms. The van der Waals surface area contributed by atoms with Crippen LogP contribution in [0.15, 0.2) is 36.5 Å². The average Bonchev–Trinajstić information content (AvgIpc) is 2.39. The number of hydrogen-bond donors (Lipinski definition) is 2. The molecule has 0 aliphatic rings. The van der Waals surface area contributed by atoms with Crippen molar-refractivity contribution in [1.82, 2.24) is 4.98 Å². The monoisotopic (exact) mass is 279 g/mol. The van der Waals surface area contributed by atoms with Gasteiger partial charge in [0.25, 0.3) is 0 Å². The van der Waals surface area contributed by atoms with Gasteiger partial charge in [-0.1, -0.05) is 18.2 Å². The predicted octanol–water partition coefficient (Wildman–Crippen LogP) is 1.72. The van der Waals surface area contributed by atoms with Crippen molar-refractivity contribution in [1.29, 1.82) is 0 Å². The zero-order chi connectivity index (χ0) is 13.7. The molecule has 0 amide bonds. The Kier molecular flexibility index (Phi) is 4.34. The smallest absolute Gasteiger partial charge is 0.232 e. The average molecular weight is 279 g/mol. The van der Waals surface area contributed by atoms with Gasteiger partial charge in [-0.3, -0.25) is 9.71 Å². The standard InChI is InChI=1S/C13H17N3O2S/c14-8-1-2-10-19(17,18)16-12-7-3-5-11-6-4-9-15-13(11)12/h3-7,9,16H,1-2,8,10,14H2. The van der Waals surface area contributed by atoms with Crippen LogP contribution in [0, 0.1) is 0 Å². The molecule has 19 heavy (non-hydrogen) atoms. The van der Waals surface area contributed by atoms with Gasteiger partial charge in [-0.05, 0) is 31.5 Å². The first-order chi connectivity index (χ1) is 9.12. The van der Waals surface area contributed by atoms with E-state index in [2.05, 4.69) is 9.71 Å². The summed E-state index contributed by atoms with van der Waals surface area (Å²) in [6.07, 6.45) is 2.91. The second-order valence-electron chi connectivity index (χ2n) is 4.30. The van der Waals surface area contributed by atoms with Gasteiger partial charge in [0.1, 0.15) is 0 Å². The van der Waals surface area contributed by atoms with Gasteiger partial charge in [-0.15, -0.1) is 0 Å². The molecule has 1 aromatic carbocycles. The lowest BCUT2D eigenvalue weighted by atomic mass is 10.2. The minimum absolute atomic E-state index is 0.0768. The topological polar surface area (TPSA) is 85.1 Å². The van der Waals surface area contributed by atoms with E-state index in [0.29, 0.717) is 30.6 Å². The molecule has 1 aromatic heterocycles. The molecule has 0 unspecified atom stereocenters. The fraction of sp³-hybridized carbons (Fsp3) is 0.308. The molecular weight excluding hydrogens is 262 g/mol. The SMILES string of the molecule is NCCCCS(=O)(=O)Nc1cccc2cccnc12. The van der Waals surface area contributed by atoms with Crippen LogP contribution < -0.4 is 10.5 Å². The van der Waals surface area contributed by atoms with Crippen molar-refractivity contribution < 1.29 is 8.42 Å². The van der Waals surface area contributed by atoms with Gasteiger partial charge in [0.05, 0.1) is 17.0 Å². The molecule has 0 aliphatic heterocycles. The highest BCUT2D eigenvalue weighted by atomic mass is 32.2. The van der Waals surface area contributed by atoms with Crippen LogP contribution in [0.4, 0.5) is 5.69 Å². The number of anilines is 1. The van der Waals surface area contributed by atoms with Crippen LogP contribution in [0.2, 0.25) is 0 Å². The molecule has 2 rings (SSSR count). The molecule has 3 N–H and O–H groups in total. The molecule has 0 saturated carbocycles. The third kappa shape index (κ3) is 3.65. The van der Waals surface area contributed by atoms with Crippen molar-refractivity contribution in [3.8, 4) is 0 Å². The molecule has 1 heterocycles. The summed E-state index contributed by atoms with van der Waals surface area (Å²) in [6.45, 7) is 0.505. The third-order valence-electron chi connectivity index (χ3n) is 2.77. The van der Waals surface area contributed by atoms with Gasteiger partial charge >= 0.3 is 0 Å². The lowest BCUT2D eigenvalue weighted by Crippen LogP contribution is -2.17. The van der Waals surface area contributed by atoms with Gasteiger partial charge in [-0.2, -0.15) is 0 Å². The maximum absolute atomic E-state index is 11.9. The van der Waals surface area contributed by atoms with Crippen LogP contribution in [0.1, 0.15) is 12.8 Å². The van der Waals surface area contributed by atoms with Crippen molar-refractivity contribution in [3.63, 3.8) is 0 Å². The lowest BCUT2D eigenvalue weighted by molar-refractivity contribution is 0.597. The maximum Gasteiger partial charge on any atom is 0.232 e. The zero-order valence-corrected chi connectivity index (χ0v) is 11.4. The van der Waals surface area contributed by atoms with Gasteiger partial charge in [0, 0.05) is 11.6 Å². The Balaban J connectivity index is 2.21. The van der Waals surface area contributed by atoms with E-state index in [9.17, 15) is 8.42 Å². The first-order valence-electron chi connectivity index (χ1n) is 6.17. The molecular formula is C13H17N3O2S. The highest BCUT2D eigenvalue weighted by Gasteiger charge is 2.12. The number of aromatic nitrogens is 1. The van der Waals surface area contributed by atoms with Crippen molar-refractivity contribution >= 4 is 26.6 Å². The summed E-state index contributed by atoms with van der Waals surface area (Å²) in [6, 6.07) is 9.14. The van der Waals surface area contributed by atoms with E-state index in [0.717, 1.165) is 5.39 Å². The lowest BCUT2D eigenvalue weighted by Gasteiger charge is -2.09. The zero-order valence-electron chi connectivity index (χ0n) is 10.5. The number of hydrogen-bond acceptors (Lipinski definition) is 4. The van der Waals surface area contributed by atoms with Crippen LogP contribution >= 0.6 is 0 Å². The Hall–Kier alpha value is -1.66. The molecule has 0 atom stereocenters. The van der Waals surface area contributed by atoms with Gasteiger partial charge in [0.15, 0.2) is 0 Å². The summed E-state index contributed by atoms with van der Waals surface area (Å²) in [5, 5.41) is 0.907. The molecule has 0 aliphatic carbocycles. The number of rotatable bonds is 6. The molecule has 0 fully saturated rings. The first-order valence-corrected chi connectivity index (χ1v) is 7.82. The van der Waals surface area contributed by atoms with E-state index in [1.165, 1.54) is 0 Å². The number of fused-ring (bicyclic) bond motifs is 1. The molecule has 0 spiro atoms. The molecule has 0 radical (unpaired) electrons. The van der Waals surface area contributed by atoms with E-state index < -0.39 is 10.0 Å². The summed E-state index contributed by atoms with van der Waals surface area (Å²) >= 11 is 0. The van der Waals surface area contributed by atoms with Crippen LogP contribution in [0.5, 0.6) is 0 Å². The number of para-hydroxylation sites is 1. The number of pyridine rings is 1. The van der Waals surface area contributed by atoms with E-state index >= 15 is 0 Å². The Labute approximate surface area is 112 Å². The Morgan fingerprint density at radius 1 is 1.16 bits per heavy atom. The summed E-state index contributed by atoms with van der Waals surface area (Å²) in [5.41, 5.74) is 6.54. The van der Waals surface area contributed by atoms with Crippen molar-refractivity contribution in [2.75, 3.05) is 17.0 Å². The summed E-state index contributed by atoms with van der Waals surface area (Å²) in [5.74, 6) is 0.0768. The number of unbranched alkanes of at least 4 members (excludes halogenated alkanes) is 1. The molecule has 6 heteroatoms. The second-order valence-corrected chi connectivity index (χ2v) is 6.14. The third-order valence-corrected chi connectivity index (χ3v) is 4.12. The number of nitrogens with zero attached hydrogens (tertiary/aromatic N) is 1. The summed E-state index contributed by atoms with van der Waals surface area (Å²) in [4.78, 5) is 4.21. The highest BCUT2D eigenvalue weighted by Crippen LogP contribution is 2.21. The quantitative estimate of drug-likeness (QED) is 0.788. The minimum Gasteiger partial charge on any atom is -0.330 e. The Morgan fingerprint density at radius 3 is 2.74 bits per heavy atom. The predicted molar refractivity (Wildman–Crippen MR) is 77.4 cm³/mol. The van der Waals surface area contributed by atoms with Crippen molar-refractivity contribution in [2.45, 2.75) is 12.8 Å². The highest BCUT2D eigenvalue weighted by molar-refractivity contribution is 7.92. The van der Waals surface area contributed by atoms with Crippen molar-refractivity contribution in [3.05, 3.63) is 36.5 Å². The Morgan fingerprint density at radius 2 is 1.95 bits per heavy atom. The maximum atomic E-state index is 11.9. The molecule has 2 aromatic rings. The van der Waals surface area contributed by atoms with E-state index in [-0.39, 0.29) is 5.75 Å². The number of benzene rings is 1. The normalized spacial score (nSPS) is 11.6. The van der Waals surface area contributed by atoms with Crippen LogP contribution in [-0.4, -0.2) is 25.7 Å². The number of nitrogens with two attached hydrogens (primary N) is 1. The molecule has 5 nitrogen and oxygen atoms in total. The number of nitrogens with one attached hydrogen (secondary N) is 1. The first kappa shape index (κ1) is 13.8. The molecule has 0 saturated heterocycles. The summed E-state index contributed by atoms with van der Waals surface area (Å²) in [7, 11) is -3.34. The van der Waals surface area contributed by atoms with E-state index in [1.807, 2.05) is 24.3 Å². The largest absolute Gasteiger partial charge is 0.330 e. The van der Waals surface area contributed by atoms with Crippen LogP contribution in [0.25, 0.3) is 10.9 Å². The fourth-order valence-electron chi connectivity index (χ4n) is 1.84. The van der Waals surface area contributed by atoms with Gasteiger partial charge < -0.3 is 5.73 Å². The number of sulfonamides is 1. The van der Waals surface area contributed by atoms with Gasteiger partial charge in [0.2, 0.25) is 10.0 Å². The van der Waals surface area contributed by atoms with E-state index in [1.54, 1.807) is 12.3 Å². The second kappa shape index (κ2) is 5.99. The van der Waals surface area contributed by atoms with Crippen LogP contribution in [0.3, 0.4) is 0 Å². The van der Waals surface area contributed by atoms with Crippen LogP contribution in [-0.2, 0) is 10.0 Å². The molecule has 102 valence electrons. The minimum atomic E-state index is -3.34. The van der Waals surface area contributed by atoms with Crippen molar-refractivity contribution in [2.24, 2.45) is 5.73 Å². The Bertz CT molecular complexity index is 650. The van der Waals surface area contributed by atoms with E-state index in [4.69, 9.17) is 5.73 Å². The fourth-order valence-corrected chi connectivity index (χ4v) is 3.03.